The minimum atomic E-state index is -0.0957. The third kappa shape index (κ3) is 5.45. The van der Waals surface area contributed by atoms with Gasteiger partial charge in [0.2, 0.25) is 6.79 Å². The largest absolute Gasteiger partial charge is 0.454 e. The second-order valence-corrected chi connectivity index (χ2v) is 6.75. The Morgan fingerprint density at radius 3 is 2.59 bits per heavy atom. The number of rotatable bonds is 9. The molecule has 0 bridgehead atoms. The van der Waals surface area contributed by atoms with Crippen molar-refractivity contribution in [3.8, 4) is 11.5 Å². The number of nitrogens with two attached hydrogens (primary N) is 1. The van der Waals surface area contributed by atoms with Crippen LogP contribution in [0.15, 0.2) is 42.5 Å². The molecule has 6 nitrogen and oxygen atoms in total. The van der Waals surface area contributed by atoms with Crippen LogP contribution in [-0.2, 0) is 13.0 Å². The zero-order chi connectivity index (χ0) is 19.1. The maximum atomic E-state index is 12.2. The maximum absolute atomic E-state index is 12.2. The normalized spacial score (nSPS) is 12.4. The van der Waals surface area contributed by atoms with Gasteiger partial charge in [-0.1, -0.05) is 24.3 Å². The lowest BCUT2D eigenvalue weighted by Crippen LogP contribution is -2.33. The number of benzene rings is 2. The average Bonchev–Trinajstić information content (AvgIpc) is 3.16. The molecule has 1 aliphatic heterocycles. The summed E-state index contributed by atoms with van der Waals surface area (Å²) in [4.78, 5) is 14.5. The van der Waals surface area contributed by atoms with Crippen LogP contribution in [0.3, 0.4) is 0 Å². The van der Waals surface area contributed by atoms with Gasteiger partial charge in [-0.2, -0.15) is 0 Å². The topological polar surface area (TPSA) is 76.8 Å². The standard InChI is InChI=1S/C21H27N3O3/c1-24(11-2-3-16-4-6-17(14-22)7-5-16)12-10-23-21(25)18-8-9-19-20(13-18)27-15-26-19/h4-9,13H,2-3,10-12,14-15,22H2,1H3,(H,23,25). The molecule has 1 heterocycles. The number of likely N-dealkylation sites (N-methyl/N-ethyl adjacent to an activating group) is 1. The molecule has 0 radical (unpaired) electrons. The van der Waals surface area contributed by atoms with Crippen molar-refractivity contribution in [2.24, 2.45) is 5.73 Å². The second-order valence-electron chi connectivity index (χ2n) is 6.75. The van der Waals surface area contributed by atoms with Gasteiger partial charge in [-0.25, -0.2) is 0 Å². The summed E-state index contributed by atoms with van der Waals surface area (Å²) >= 11 is 0. The molecule has 2 aromatic rings. The number of hydrogen-bond donors (Lipinski definition) is 2. The number of amides is 1. The first-order valence-corrected chi connectivity index (χ1v) is 9.30. The highest BCUT2D eigenvalue weighted by Crippen LogP contribution is 2.32. The molecule has 1 amide bonds. The minimum Gasteiger partial charge on any atom is -0.454 e. The Kier molecular flexibility index (Phi) is 6.68. The fourth-order valence-electron chi connectivity index (χ4n) is 3.01. The molecule has 0 saturated carbocycles. The molecule has 1 aliphatic rings. The van der Waals surface area contributed by atoms with Crippen LogP contribution in [0.1, 0.15) is 27.9 Å². The van der Waals surface area contributed by atoms with Gasteiger partial charge in [0.05, 0.1) is 0 Å². The molecule has 0 spiro atoms. The fourth-order valence-corrected chi connectivity index (χ4v) is 3.01. The maximum Gasteiger partial charge on any atom is 0.251 e. The summed E-state index contributed by atoms with van der Waals surface area (Å²) in [6.45, 7) is 3.19. The number of carbonyl (C=O) groups excluding carboxylic acids is 1. The summed E-state index contributed by atoms with van der Waals surface area (Å²) in [5.41, 5.74) is 8.70. The van der Waals surface area contributed by atoms with Crippen LogP contribution in [0.5, 0.6) is 11.5 Å². The van der Waals surface area contributed by atoms with E-state index in [9.17, 15) is 4.79 Å². The van der Waals surface area contributed by atoms with E-state index in [0.29, 0.717) is 30.2 Å². The molecule has 0 aromatic heterocycles. The van der Waals surface area contributed by atoms with Crippen LogP contribution in [0.25, 0.3) is 0 Å². The van der Waals surface area contributed by atoms with Gasteiger partial charge in [-0.3, -0.25) is 4.79 Å². The summed E-state index contributed by atoms with van der Waals surface area (Å²) in [6.07, 6.45) is 2.12. The number of ether oxygens (including phenoxy) is 2. The molecule has 144 valence electrons. The monoisotopic (exact) mass is 369 g/mol. The highest BCUT2D eigenvalue weighted by atomic mass is 16.7. The van der Waals surface area contributed by atoms with Gasteiger partial charge < -0.3 is 25.4 Å². The summed E-state index contributed by atoms with van der Waals surface area (Å²) in [5, 5.41) is 2.95. The Labute approximate surface area is 160 Å². The molecule has 27 heavy (non-hydrogen) atoms. The first-order chi connectivity index (χ1) is 13.2. The highest BCUT2D eigenvalue weighted by molar-refractivity contribution is 5.94. The molecule has 0 saturated heterocycles. The second kappa shape index (κ2) is 9.39. The summed E-state index contributed by atoms with van der Waals surface area (Å²) in [6, 6.07) is 13.7. The zero-order valence-corrected chi connectivity index (χ0v) is 15.7. The van der Waals surface area contributed by atoms with Crippen molar-refractivity contribution >= 4 is 5.91 Å². The Morgan fingerprint density at radius 1 is 1.07 bits per heavy atom. The Bertz CT molecular complexity index is 762. The Balaban J connectivity index is 1.34. The summed E-state index contributed by atoms with van der Waals surface area (Å²) < 4.78 is 10.6. The lowest BCUT2D eigenvalue weighted by Gasteiger charge is -2.17. The van der Waals surface area contributed by atoms with Crippen LogP contribution in [-0.4, -0.2) is 44.3 Å². The van der Waals surface area contributed by atoms with Crippen molar-refractivity contribution in [1.29, 1.82) is 0 Å². The number of nitrogens with one attached hydrogen (secondary N) is 1. The first kappa shape index (κ1) is 19.2. The van der Waals surface area contributed by atoms with Gasteiger partial charge in [-0.15, -0.1) is 0 Å². The van der Waals surface area contributed by atoms with Gasteiger partial charge in [0.25, 0.3) is 5.91 Å². The van der Waals surface area contributed by atoms with E-state index in [2.05, 4.69) is 41.5 Å². The van der Waals surface area contributed by atoms with E-state index >= 15 is 0 Å². The SMILES string of the molecule is CN(CCCc1ccc(CN)cc1)CCNC(=O)c1ccc2c(c1)OCO2. The van der Waals surface area contributed by atoms with E-state index in [4.69, 9.17) is 15.2 Å². The van der Waals surface area contributed by atoms with E-state index in [1.165, 1.54) is 5.56 Å². The van der Waals surface area contributed by atoms with E-state index in [0.717, 1.165) is 31.5 Å². The molecular weight excluding hydrogens is 342 g/mol. The predicted molar refractivity (Wildman–Crippen MR) is 105 cm³/mol. The van der Waals surface area contributed by atoms with Gasteiger partial charge in [0, 0.05) is 25.2 Å². The molecule has 0 atom stereocenters. The molecule has 0 fully saturated rings. The molecule has 3 rings (SSSR count). The zero-order valence-electron chi connectivity index (χ0n) is 15.7. The van der Waals surface area contributed by atoms with Gasteiger partial charge >= 0.3 is 0 Å². The summed E-state index contributed by atoms with van der Waals surface area (Å²) in [7, 11) is 2.07. The lowest BCUT2D eigenvalue weighted by atomic mass is 10.1. The van der Waals surface area contributed by atoms with E-state index in [1.54, 1.807) is 18.2 Å². The number of nitrogens with zero attached hydrogens (tertiary/aromatic N) is 1. The van der Waals surface area contributed by atoms with Crippen molar-refractivity contribution in [1.82, 2.24) is 10.2 Å². The van der Waals surface area contributed by atoms with Gasteiger partial charge in [0.1, 0.15) is 0 Å². The molecule has 0 unspecified atom stereocenters. The van der Waals surface area contributed by atoms with E-state index < -0.39 is 0 Å². The smallest absolute Gasteiger partial charge is 0.251 e. The lowest BCUT2D eigenvalue weighted by molar-refractivity contribution is 0.0949. The quantitative estimate of drug-likeness (QED) is 0.708. The minimum absolute atomic E-state index is 0.0957. The van der Waals surface area contributed by atoms with Crippen molar-refractivity contribution in [3.05, 3.63) is 59.2 Å². The van der Waals surface area contributed by atoms with Crippen molar-refractivity contribution in [3.63, 3.8) is 0 Å². The highest BCUT2D eigenvalue weighted by Gasteiger charge is 2.16. The van der Waals surface area contributed by atoms with E-state index in [-0.39, 0.29) is 12.7 Å². The number of carbonyl (C=O) groups is 1. The van der Waals surface area contributed by atoms with Gasteiger partial charge in [0.15, 0.2) is 11.5 Å². The van der Waals surface area contributed by atoms with Crippen LogP contribution < -0.4 is 20.5 Å². The van der Waals surface area contributed by atoms with Crippen molar-refractivity contribution in [2.45, 2.75) is 19.4 Å². The molecule has 6 heteroatoms. The molecule has 0 aliphatic carbocycles. The van der Waals surface area contributed by atoms with Crippen LogP contribution in [0.2, 0.25) is 0 Å². The van der Waals surface area contributed by atoms with Crippen LogP contribution >= 0.6 is 0 Å². The van der Waals surface area contributed by atoms with Crippen LogP contribution in [0.4, 0.5) is 0 Å². The molecular formula is C21H27N3O3. The third-order valence-electron chi connectivity index (χ3n) is 4.68. The third-order valence-corrected chi connectivity index (χ3v) is 4.68. The Hall–Kier alpha value is -2.57. The number of hydrogen-bond acceptors (Lipinski definition) is 5. The van der Waals surface area contributed by atoms with E-state index in [1.807, 2.05) is 0 Å². The Morgan fingerprint density at radius 2 is 1.81 bits per heavy atom. The van der Waals surface area contributed by atoms with Gasteiger partial charge in [-0.05, 0) is 55.8 Å². The summed E-state index contributed by atoms with van der Waals surface area (Å²) in [5.74, 6) is 1.21. The average molecular weight is 369 g/mol. The first-order valence-electron chi connectivity index (χ1n) is 9.30. The van der Waals surface area contributed by atoms with Crippen molar-refractivity contribution in [2.75, 3.05) is 33.5 Å². The number of fused-ring (bicyclic) bond motifs is 1. The predicted octanol–water partition coefficient (Wildman–Crippen LogP) is 2.17. The molecule has 2 aromatic carbocycles. The van der Waals surface area contributed by atoms with Crippen molar-refractivity contribution < 1.29 is 14.3 Å². The fraction of sp³-hybridized carbons (Fsp3) is 0.381. The van der Waals surface area contributed by atoms with Crippen LogP contribution in [0, 0.1) is 0 Å². The number of aryl methyl sites for hydroxylation is 1. The molecule has 3 N–H and O–H groups in total.